The minimum absolute atomic E-state index is 0.0486. The Hall–Kier alpha value is -2.15. The average Bonchev–Trinajstić information content (AvgIpc) is 2.75. The summed E-state index contributed by atoms with van der Waals surface area (Å²) in [6.45, 7) is 1.32. The molecule has 2 amide bonds. The first kappa shape index (κ1) is 29.9. The third kappa shape index (κ3) is 16.5. The summed E-state index contributed by atoms with van der Waals surface area (Å²) in [7, 11) is 0. The van der Waals surface area contributed by atoms with Crippen molar-refractivity contribution in [3.8, 4) is 0 Å². The molecule has 0 aromatic rings. The Morgan fingerprint density at radius 1 is 0.719 bits per heavy atom. The summed E-state index contributed by atoms with van der Waals surface area (Å²) in [6.07, 6.45) is 3.96. The number of ether oxygens (including phenoxy) is 2. The summed E-state index contributed by atoms with van der Waals surface area (Å²) in [4.78, 5) is 35.2. The van der Waals surface area contributed by atoms with E-state index in [9.17, 15) is 14.4 Å². The van der Waals surface area contributed by atoms with E-state index in [-0.39, 0.29) is 19.1 Å². The number of carbonyl (C=O) groups excluding carboxylic acids is 2. The summed E-state index contributed by atoms with van der Waals surface area (Å²) >= 11 is 0. The molecule has 0 aromatic heterocycles. The predicted octanol–water partition coefficient (Wildman–Crippen LogP) is -0.0251. The van der Waals surface area contributed by atoms with E-state index < -0.39 is 30.4 Å². The molecule has 0 saturated heterocycles. The lowest BCUT2D eigenvalue weighted by molar-refractivity contribution is -0.123. The number of nitrogens with one attached hydrogen (secondary N) is 2. The smallest absolute Gasteiger partial charge is 0.450 e. The highest BCUT2D eigenvalue weighted by Gasteiger charge is 2.20. The Morgan fingerprint density at radius 2 is 1.19 bits per heavy atom. The molecular formula is C20H42N6O6. The van der Waals surface area contributed by atoms with E-state index in [0.29, 0.717) is 45.3 Å². The molecular weight excluding hydrogens is 420 g/mol. The van der Waals surface area contributed by atoms with Crippen molar-refractivity contribution in [1.82, 2.24) is 10.6 Å². The van der Waals surface area contributed by atoms with Crippen LogP contribution in [0, 0.1) is 0 Å². The lowest BCUT2D eigenvalue weighted by Gasteiger charge is -2.22. The van der Waals surface area contributed by atoms with E-state index in [1.807, 2.05) is 0 Å². The van der Waals surface area contributed by atoms with Crippen LogP contribution < -0.4 is 33.6 Å². The second-order valence-electron chi connectivity index (χ2n) is 7.68. The monoisotopic (exact) mass is 462 g/mol. The van der Waals surface area contributed by atoms with Gasteiger partial charge >= 0.3 is 12.2 Å². The lowest BCUT2D eigenvalue weighted by atomic mass is 10.1. The number of rotatable bonds is 19. The first-order valence-electron chi connectivity index (χ1n) is 11.3. The van der Waals surface area contributed by atoms with Crippen molar-refractivity contribution in [2.45, 2.75) is 75.9 Å². The molecule has 0 heterocycles. The van der Waals surface area contributed by atoms with Crippen molar-refractivity contribution in [1.29, 1.82) is 0 Å². The molecule has 0 saturated carbocycles. The molecule has 12 nitrogen and oxygen atoms in total. The fraction of sp³-hybridized carbons (Fsp3) is 0.850. The molecule has 0 spiro atoms. The van der Waals surface area contributed by atoms with E-state index in [0.717, 1.165) is 32.1 Å². The van der Waals surface area contributed by atoms with Crippen molar-refractivity contribution in [3.05, 3.63) is 0 Å². The number of hydrogen-bond acceptors (Lipinski definition) is 9. The normalized spacial score (nSPS) is 13.6. The maximum Gasteiger partial charge on any atom is 0.505 e. The van der Waals surface area contributed by atoms with Gasteiger partial charge in [0, 0.05) is 0 Å². The molecule has 11 N–H and O–H groups in total. The zero-order chi connectivity index (χ0) is 24.2. The Morgan fingerprint density at radius 3 is 1.69 bits per heavy atom. The Labute approximate surface area is 190 Å². The summed E-state index contributed by atoms with van der Waals surface area (Å²) < 4.78 is 9.85. The van der Waals surface area contributed by atoms with Gasteiger partial charge in [-0.25, -0.2) is 9.59 Å². The van der Waals surface area contributed by atoms with Gasteiger partial charge in [0.25, 0.3) is 0 Å². The van der Waals surface area contributed by atoms with E-state index in [2.05, 4.69) is 15.4 Å². The van der Waals surface area contributed by atoms with Crippen LogP contribution in [0.1, 0.15) is 57.8 Å². The first-order chi connectivity index (χ1) is 15.3. The van der Waals surface area contributed by atoms with E-state index in [1.54, 1.807) is 0 Å². The third-order valence-corrected chi connectivity index (χ3v) is 4.81. The number of hydrogen-bond donors (Lipinski definition) is 7. The molecule has 0 fully saturated rings. The van der Waals surface area contributed by atoms with Gasteiger partial charge < -0.3 is 48.1 Å². The molecule has 32 heavy (non-hydrogen) atoms. The van der Waals surface area contributed by atoms with Gasteiger partial charge in [0.15, 0.2) is 0 Å². The van der Waals surface area contributed by atoms with E-state index in [1.165, 1.54) is 0 Å². The summed E-state index contributed by atoms with van der Waals surface area (Å²) in [5.74, 6) is -0.307. The molecule has 3 atom stereocenters. The second kappa shape index (κ2) is 19.5. The minimum Gasteiger partial charge on any atom is -0.450 e. The number of nitrogens with two attached hydrogens (primary N) is 4. The zero-order valence-corrected chi connectivity index (χ0v) is 18.9. The zero-order valence-electron chi connectivity index (χ0n) is 18.9. The van der Waals surface area contributed by atoms with Crippen LogP contribution in [-0.4, -0.2) is 74.2 Å². The number of unbranched alkanes of at least 4 members (excludes halogenated alkanes) is 3. The van der Waals surface area contributed by atoms with E-state index >= 15 is 0 Å². The van der Waals surface area contributed by atoms with Crippen molar-refractivity contribution < 1.29 is 29.0 Å². The Balaban J connectivity index is 4.69. The van der Waals surface area contributed by atoms with Crippen LogP contribution in [0.15, 0.2) is 0 Å². The van der Waals surface area contributed by atoms with Crippen LogP contribution in [0.3, 0.4) is 0 Å². The fourth-order valence-corrected chi connectivity index (χ4v) is 2.97. The fourth-order valence-electron chi connectivity index (χ4n) is 2.97. The van der Waals surface area contributed by atoms with Crippen LogP contribution in [0.2, 0.25) is 0 Å². The molecule has 188 valence electrons. The van der Waals surface area contributed by atoms with Crippen molar-refractivity contribution >= 4 is 18.2 Å². The molecule has 0 bridgehead atoms. The third-order valence-electron chi connectivity index (χ3n) is 4.81. The molecule has 0 aliphatic carbocycles. The molecule has 0 aromatic carbocycles. The molecule has 0 aliphatic heterocycles. The van der Waals surface area contributed by atoms with Crippen molar-refractivity contribution in [2.75, 3.05) is 32.8 Å². The van der Waals surface area contributed by atoms with Crippen molar-refractivity contribution in [2.24, 2.45) is 22.9 Å². The van der Waals surface area contributed by atoms with Gasteiger partial charge in [0.05, 0.1) is 18.1 Å². The van der Waals surface area contributed by atoms with Gasteiger partial charge in [-0.2, -0.15) is 0 Å². The molecule has 0 rings (SSSR count). The van der Waals surface area contributed by atoms with Gasteiger partial charge in [0.1, 0.15) is 13.2 Å². The number of amides is 2. The van der Waals surface area contributed by atoms with Gasteiger partial charge in [-0.1, -0.05) is 19.3 Å². The number of carbonyl (C=O) groups is 3. The Bertz CT molecular complexity index is 525. The maximum atomic E-state index is 12.4. The predicted molar refractivity (Wildman–Crippen MR) is 121 cm³/mol. The maximum absolute atomic E-state index is 12.4. The Kier molecular flexibility index (Phi) is 18.2. The average molecular weight is 463 g/mol. The van der Waals surface area contributed by atoms with Crippen LogP contribution in [0.25, 0.3) is 0 Å². The minimum atomic E-state index is -1.42. The molecule has 0 unspecified atom stereocenters. The highest BCUT2D eigenvalue weighted by molar-refractivity contribution is 5.81. The summed E-state index contributed by atoms with van der Waals surface area (Å²) in [5, 5.41) is 14.1. The second-order valence-corrected chi connectivity index (χ2v) is 7.68. The number of alkyl carbamates (subject to hydrolysis) is 1. The number of carboxylic acid groups (broad SMARTS) is 1. The van der Waals surface area contributed by atoms with Crippen LogP contribution in [0.4, 0.5) is 9.59 Å². The van der Waals surface area contributed by atoms with Gasteiger partial charge in [-0.15, -0.1) is 0 Å². The van der Waals surface area contributed by atoms with Gasteiger partial charge in [-0.05, 0) is 58.2 Å². The largest absolute Gasteiger partial charge is 0.505 e. The van der Waals surface area contributed by atoms with E-state index in [4.69, 9.17) is 32.8 Å². The molecule has 0 radical (unpaired) electrons. The molecule has 12 heteroatoms. The van der Waals surface area contributed by atoms with Crippen LogP contribution in [0.5, 0.6) is 0 Å². The molecule has 0 aliphatic rings. The van der Waals surface area contributed by atoms with Crippen molar-refractivity contribution in [3.63, 3.8) is 0 Å². The lowest BCUT2D eigenvalue weighted by Crippen LogP contribution is -2.48. The SMILES string of the molecule is NCCCC[C@H](COC(=O)O)NC(=O)OC[C@H](CCCCN)NC(=O)[C@H](N)CCCCN. The highest BCUT2D eigenvalue weighted by Crippen LogP contribution is 2.06. The van der Waals surface area contributed by atoms with Crippen LogP contribution >= 0.6 is 0 Å². The first-order valence-corrected chi connectivity index (χ1v) is 11.3. The van der Waals surface area contributed by atoms with Gasteiger partial charge in [0.2, 0.25) is 5.91 Å². The summed E-state index contributed by atoms with van der Waals surface area (Å²) in [5.41, 5.74) is 22.4. The quantitative estimate of drug-likeness (QED) is 0.100. The highest BCUT2D eigenvalue weighted by atomic mass is 16.7. The topological polar surface area (TPSA) is 218 Å². The van der Waals surface area contributed by atoms with Gasteiger partial charge in [-0.3, -0.25) is 4.79 Å². The standard InChI is InChI=1S/C20H42N6O6/c21-10-4-1-7-15(25-18(27)17(24)9-3-6-12-23)13-31-19(28)26-16(8-2-5-11-22)14-32-20(29)30/h15-17H,1-14,21-24H2,(H,25,27)(H,26,28)(H,29,30)/t15-,16+,17+/m0/s1. The van der Waals surface area contributed by atoms with Crippen LogP contribution in [-0.2, 0) is 14.3 Å². The summed E-state index contributed by atoms with van der Waals surface area (Å²) in [6, 6.07) is -1.61.